The molecule has 92 valence electrons. The van der Waals surface area contributed by atoms with Crippen LogP contribution in [-0.4, -0.2) is 19.3 Å². The third kappa shape index (κ3) is 4.47. The molecule has 0 spiro atoms. The monoisotopic (exact) mass is 264 g/mol. The molecular weight excluding hydrogens is 247 g/mol. The number of nitrogens with one attached hydrogen (secondary N) is 1. The van der Waals surface area contributed by atoms with Crippen LogP contribution in [0.5, 0.6) is 0 Å². The van der Waals surface area contributed by atoms with E-state index in [4.69, 9.17) is 10.5 Å². The summed E-state index contributed by atoms with van der Waals surface area (Å²) in [5.41, 5.74) is 7.50. The molecule has 0 radical (unpaired) electrons. The van der Waals surface area contributed by atoms with Crippen LogP contribution in [0.2, 0.25) is 0 Å². The van der Waals surface area contributed by atoms with Crippen molar-refractivity contribution in [3.05, 3.63) is 24.3 Å². The summed E-state index contributed by atoms with van der Waals surface area (Å²) in [5.74, 6) is 0. The van der Waals surface area contributed by atoms with Gasteiger partial charge < -0.3 is 15.8 Å². The SMILES string of the molecule is Cl.Cl.Nc1ccc(NCC2CCCO2)cc1. The van der Waals surface area contributed by atoms with Crippen LogP contribution in [0.1, 0.15) is 12.8 Å². The highest BCUT2D eigenvalue weighted by Crippen LogP contribution is 2.14. The van der Waals surface area contributed by atoms with E-state index in [1.54, 1.807) is 0 Å². The van der Waals surface area contributed by atoms with Crippen molar-refractivity contribution in [2.45, 2.75) is 18.9 Å². The Morgan fingerprint density at radius 1 is 1.25 bits per heavy atom. The predicted octanol–water partition coefficient (Wildman–Crippen LogP) is 2.70. The topological polar surface area (TPSA) is 47.3 Å². The number of nitrogen functional groups attached to an aromatic ring is 1. The average Bonchev–Trinajstić information content (AvgIpc) is 2.70. The predicted molar refractivity (Wildman–Crippen MR) is 72.8 cm³/mol. The van der Waals surface area contributed by atoms with Gasteiger partial charge in [0.1, 0.15) is 0 Å². The third-order valence-corrected chi connectivity index (χ3v) is 2.47. The van der Waals surface area contributed by atoms with Crippen LogP contribution in [0, 0.1) is 0 Å². The highest BCUT2D eigenvalue weighted by atomic mass is 35.5. The Bertz CT molecular complexity index is 287. The number of hydrogen-bond acceptors (Lipinski definition) is 3. The Morgan fingerprint density at radius 3 is 2.50 bits per heavy atom. The van der Waals surface area contributed by atoms with Crippen LogP contribution in [-0.2, 0) is 4.74 Å². The van der Waals surface area contributed by atoms with E-state index >= 15 is 0 Å². The lowest BCUT2D eigenvalue weighted by atomic mass is 10.2. The number of halogens is 2. The van der Waals surface area contributed by atoms with E-state index in [2.05, 4.69) is 5.32 Å². The van der Waals surface area contributed by atoms with Gasteiger partial charge in [0, 0.05) is 24.5 Å². The maximum atomic E-state index is 5.59. The second-order valence-corrected chi connectivity index (χ2v) is 3.64. The Hall–Kier alpha value is -0.640. The van der Waals surface area contributed by atoms with Crippen molar-refractivity contribution in [3.8, 4) is 0 Å². The first-order valence-electron chi connectivity index (χ1n) is 5.05. The zero-order valence-electron chi connectivity index (χ0n) is 9.02. The van der Waals surface area contributed by atoms with Gasteiger partial charge in [-0.1, -0.05) is 0 Å². The third-order valence-electron chi connectivity index (χ3n) is 2.47. The Kier molecular flexibility index (Phi) is 7.30. The zero-order valence-corrected chi connectivity index (χ0v) is 10.7. The van der Waals surface area contributed by atoms with Crippen molar-refractivity contribution >= 4 is 36.2 Å². The molecule has 1 aliphatic heterocycles. The van der Waals surface area contributed by atoms with Crippen LogP contribution in [0.4, 0.5) is 11.4 Å². The Morgan fingerprint density at radius 2 is 1.94 bits per heavy atom. The second-order valence-electron chi connectivity index (χ2n) is 3.64. The molecule has 0 bridgehead atoms. The van der Waals surface area contributed by atoms with Gasteiger partial charge in [0.15, 0.2) is 0 Å². The number of nitrogens with two attached hydrogens (primary N) is 1. The maximum absolute atomic E-state index is 5.59. The van der Waals surface area contributed by atoms with Crippen molar-refractivity contribution in [2.24, 2.45) is 0 Å². The van der Waals surface area contributed by atoms with Gasteiger partial charge in [0.05, 0.1) is 6.10 Å². The van der Waals surface area contributed by atoms with Gasteiger partial charge in [0.25, 0.3) is 0 Å². The minimum absolute atomic E-state index is 0. The summed E-state index contributed by atoms with van der Waals surface area (Å²) < 4.78 is 5.51. The number of hydrogen-bond donors (Lipinski definition) is 2. The Balaban J connectivity index is 0.00000112. The van der Waals surface area contributed by atoms with Crippen molar-refractivity contribution in [2.75, 3.05) is 24.2 Å². The Labute approximate surface area is 109 Å². The summed E-state index contributed by atoms with van der Waals surface area (Å²) in [4.78, 5) is 0. The highest BCUT2D eigenvalue weighted by Gasteiger charge is 2.14. The van der Waals surface area contributed by atoms with Gasteiger partial charge in [-0.05, 0) is 37.1 Å². The standard InChI is InChI=1S/C11H16N2O.2ClH/c12-9-3-5-10(6-4-9)13-8-11-2-1-7-14-11;;/h3-6,11,13H,1-2,7-8,12H2;2*1H. The van der Waals surface area contributed by atoms with E-state index in [-0.39, 0.29) is 24.8 Å². The van der Waals surface area contributed by atoms with Crippen molar-refractivity contribution in [3.63, 3.8) is 0 Å². The first-order valence-corrected chi connectivity index (χ1v) is 5.05. The van der Waals surface area contributed by atoms with Crippen molar-refractivity contribution < 1.29 is 4.74 Å². The molecule has 1 saturated heterocycles. The van der Waals surface area contributed by atoms with E-state index < -0.39 is 0 Å². The van der Waals surface area contributed by atoms with Crippen LogP contribution in [0.25, 0.3) is 0 Å². The lowest BCUT2D eigenvalue weighted by molar-refractivity contribution is 0.120. The molecule has 2 rings (SSSR count). The van der Waals surface area contributed by atoms with Crippen molar-refractivity contribution in [1.82, 2.24) is 0 Å². The van der Waals surface area contributed by atoms with E-state index in [0.717, 1.165) is 24.5 Å². The van der Waals surface area contributed by atoms with E-state index in [1.165, 1.54) is 12.8 Å². The van der Waals surface area contributed by atoms with Crippen LogP contribution >= 0.6 is 24.8 Å². The number of rotatable bonds is 3. The lowest BCUT2D eigenvalue weighted by Crippen LogP contribution is -2.18. The molecule has 0 saturated carbocycles. The summed E-state index contributed by atoms with van der Waals surface area (Å²) in [5, 5.41) is 3.33. The summed E-state index contributed by atoms with van der Waals surface area (Å²) in [6, 6.07) is 7.78. The fourth-order valence-electron chi connectivity index (χ4n) is 1.64. The van der Waals surface area contributed by atoms with Crippen LogP contribution in [0.15, 0.2) is 24.3 Å². The molecule has 1 aromatic carbocycles. The molecule has 3 N–H and O–H groups in total. The van der Waals surface area contributed by atoms with Gasteiger partial charge >= 0.3 is 0 Å². The van der Waals surface area contributed by atoms with E-state index in [1.807, 2.05) is 24.3 Å². The number of anilines is 2. The molecule has 0 amide bonds. The normalized spacial score (nSPS) is 18.4. The molecule has 1 atom stereocenters. The molecule has 16 heavy (non-hydrogen) atoms. The average molecular weight is 265 g/mol. The molecule has 1 heterocycles. The first kappa shape index (κ1) is 15.4. The summed E-state index contributed by atoms with van der Waals surface area (Å²) in [7, 11) is 0. The molecule has 1 unspecified atom stereocenters. The zero-order chi connectivity index (χ0) is 9.80. The number of benzene rings is 1. The van der Waals surface area contributed by atoms with Gasteiger partial charge in [-0.15, -0.1) is 24.8 Å². The minimum atomic E-state index is 0. The maximum Gasteiger partial charge on any atom is 0.0748 e. The molecule has 0 aliphatic carbocycles. The van der Waals surface area contributed by atoms with E-state index in [9.17, 15) is 0 Å². The largest absolute Gasteiger partial charge is 0.399 e. The fraction of sp³-hybridized carbons (Fsp3) is 0.455. The van der Waals surface area contributed by atoms with Gasteiger partial charge in [-0.3, -0.25) is 0 Å². The lowest BCUT2D eigenvalue weighted by Gasteiger charge is -2.11. The van der Waals surface area contributed by atoms with Crippen molar-refractivity contribution in [1.29, 1.82) is 0 Å². The molecule has 0 aromatic heterocycles. The molecule has 1 aromatic rings. The molecule has 3 nitrogen and oxygen atoms in total. The second kappa shape index (κ2) is 7.60. The van der Waals surface area contributed by atoms with Crippen LogP contribution < -0.4 is 11.1 Å². The van der Waals surface area contributed by atoms with Gasteiger partial charge in [0.2, 0.25) is 0 Å². The summed E-state index contributed by atoms with van der Waals surface area (Å²) in [6.07, 6.45) is 2.74. The first-order chi connectivity index (χ1) is 6.84. The van der Waals surface area contributed by atoms with Crippen LogP contribution in [0.3, 0.4) is 0 Å². The van der Waals surface area contributed by atoms with Gasteiger partial charge in [-0.2, -0.15) is 0 Å². The highest BCUT2D eigenvalue weighted by molar-refractivity contribution is 5.85. The smallest absolute Gasteiger partial charge is 0.0748 e. The fourth-order valence-corrected chi connectivity index (χ4v) is 1.64. The molecular formula is C11H18Cl2N2O. The summed E-state index contributed by atoms with van der Waals surface area (Å²) in [6.45, 7) is 1.80. The molecule has 1 fully saturated rings. The quantitative estimate of drug-likeness (QED) is 0.826. The molecule has 1 aliphatic rings. The van der Waals surface area contributed by atoms with Gasteiger partial charge in [-0.25, -0.2) is 0 Å². The summed E-state index contributed by atoms with van der Waals surface area (Å²) >= 11 is 0. The number of ether oxygens (including phenoxy) is 1. The minimum Gasteiger partial charge on any atom is -0.399 e. The molecule has 5 heteroatoms. The van der Waals surface area contributed by atoms with E-state index in [0.29, 0.717) is 6.10 Å².